The normalized spacial score (nSPS) is 20.1. The number of likely N-dealkylation sites (N-methyl/N-ethyl adjacent to an activating group) is 1. The fourth-order valence-electron chi connectivity index (χ4n) is 2.58. The lowest BCUT2D eigenvalue weighted by Gasteiger charge is -2.26. The molecule has 0 saturated carbocycles. The summed E-state index contributed by atoms with van der Waals surface area (Å²) < 4.78 is 11.7. The Balaban J connectivity index is 1.75. The second-order valence-electron chi connectivity index (χ2n) is 7.16. The molecule has 0 aromatic carbocycles. The van der Waals surface area contributed by atoms with E-state index in [9.17, 15) is 0 Å². The van der Waals surface area contributed by atoms with Gasteiger partial charge in [-0.25, -0.2) is 0 Å². The van der Waals surface area contributed by atoms with Crippen LogP contribution in [-0.4, -0.2) is 36.7 Å². The molecule has 1 unspecified atom stereocenters. The summed E-state index contributed by atoms with van der Waals surface area (Å²) >= 11 is 0. The van der Waals surface area contributed by atoms with E-state index in [0.717, 1.165) is 37.8 Å². The second-order valence-corrected chi connectivity index (χ2v) is 7.16. The molecule has 2 rings (SSSR count). The minimum atomic E-state index is 0.113. The molecule has 1 saturated heterocycles. The summed E-state index contributed by atoms with van der Waals surface area (Å²) in [7, 11) is 2.13. The average molecular weight is 294 g/mol. The van der Waals surface area contributed by atoms with Crippen LogP contribution in [0.5, 0.6) is 0 Å². The summed E-state index contributed by atoms with van der Waals surface area (Å²) in [6.07, 6.45) is 4.08. The molecule has 1 fully saturated rings. The van der Waals surface area contributed by atoms with Gasteiger partial charge in [0.15, 0.2) is 0 Å². The number of hydrogen-bond acceptors (Lipinski definition) is 4. The largest absolute Gasteiger partial charge is 0.463 e. The molecule has 0 bridgehead atoms. The lowest BCUT2D eigenvalue weighted by atomic mass is 10.1. The van der Waals surface area contributed by atoms with E-state index in [1.54, 1.807) is 0 Å². The Morgan fingerprint density at radius 1 is 1.24 bits per heavy atom. The summed E-state index contributed by atoms with van der Waals surface area (Å²) in [6.45, 7) is 10.0. The molecule has 120 valence electrons. The van der Waals surface area contributed by atoms with Crippen molar-refractivity contribution >= 4 is 0 Å². The maximum absolute atomic E-state index is 5.89. The van der Waals surface area contributed by atoms with E-state index >= 15 is 0 Å². The summed E-state index contributed by atoms with van der Waals surface area (Å²) in [6, 6.07) is 4.15. The van der Waals surface area contributed by atoms with Crippen LogP contribution in [0.1, 0.15) is 51.6 Å². The Kier molecular flexibility index (Phi) is 5.85. The smallest absolute Gasteiger partial charge is 0.118 e. The summed E-state index contributed by atoms with van der Waals surface area (Å²) in [4.78, 5) is 2.29. The number of hydrogen-bond donors (Lipinski definition) is 1. The molecule has 1 aliphatic heterocycles. The standard InChI is InChI=1S/C17H30N2O2/c1-17(2,3)18-11-14-8-9-16(21-14)13-19(4)12-15-7-5-6-10-20-15/h8-9,15,18H,5-7,10-13H2,1-4H3. The number of rotatable bonds is 6. The predicted octanol–water partition coefficient (Wildman–Crippen LogP) is 3.17. The maximum Gasteiger partial charge on any atom is 0.118 e. The summed E-state index contributed by atoms with van der Waals surface area (Å²) in [5.74, 6) is 2.03. The van der Waals surface area contributed by atoms with Crippen LogP contribution in [0, 0.1) is 0 Å². The van der Waals surface area contributed by atoms with Gasteiger partial charge < -0.3 is 14.5 Å². The summed E-state index contributed by atoms with van der Waals surface area (Å²) in [5, 5.41) is 3.44. The van der Waals surface area contributed by atoms with Gasteiger partial charge in [-0.05, 0) is 59.2 Å². The average Bonchev–Trinajstić information content (AvgIpc) is 2.84. The third-order valence-corrected chi connectivity index (χ3v) is 3.73. The Morgan fingerprint density at radius 2 is 2.00 bits per heavy atom. The van der Waals surface area contributed by atoms with Gasteiger partial charge in [-0.2, -0.15) is 0 Å². The zero-order valence-electron chi connectivity index (χ0n) is 13.9. The molecular formula is C17H30N2O2. The molecule has 21 heavy (non-hydrogen) atoms. The second kappa shape index (κ2) is 7.43. The van der Waals surface area contributed by atoms with E-state index in [0.29, 0.717) is 6.10 Å². The van der Waals surface area contributed by atoms with Crippen molar-refractivity contribution in [3.05, 3.63) is 23.7 Å². The highest BCUT2D eigenvalue weighted by Crippen LogP contribution is 2.16. The van der Waals surface area contributed by atoms with Crippen LogP contribution >= 0.6 is 0 Å². The van der Waals surface area contributed by atoms with Gasteiger partial charge in [-0.3, -0.25) is 4.90 Å². The van der Waals surface area contributed by atoms with Gasteiger partial charge in [0.1, 0.15) is 11.5 Å². The molecule has 4 heteroatoms. The van der Waals surface area contributed by atoms with E-state index < -0.39 is 0 Å². The molecule has 4 nitrogen and oxygen atoms in total. The topological polar surface area (TPSA) is 37.6 Å². The lowest BCUT2D eigenvalue weighted by molar-refractivity contribution is -0.00342. The fraction of sp³-hybridized carbons (Fsp3) is 0.765. The van der Waals surface area contributed by atoms with E-state index in [-0.39, 0.29) is 5.54 Å². The van der Waals surface area contributed by atoms with Gasteiger partial charge in [0.2, 0.25) is 0 Å². The van der Waals surface area contributed by atoms with Crippen molar-refractivity contribution in [3.8, 4) is 0 Å². The van der Waals surface area contributed by atoms with Gasteiger partial charge in [0.05, 0.1) is 19.2 Å². The number of nitrogens with one attached hydrogen (secondary N) is 1. The van der Waals surface area contributed by atoms with Crippen LogP contribution in [0.15, 0.2) is 16.5 Å². The van der Waals surface area contributed by atoms with Crippen LogP contribution in [0.2, 0.25) is 0 Å². The molecule has 1 aliphatic rings. The van der Waals surface area contributed by atoms with Crippen molar-refractivity contribution in [3.63, 3.8) is 0 Å². The molecule has 0 aliphatic carbocycles. The van der Waals surface area contributed by atoms with Crippen LogP contribution in [0.25, 0.3) is 0 Å². The van der Waals surface area contributed by atoms with Crippen LogP contribution in [-0.2, 0) is 17.8 Å². The van der Waals surface area contributed by atoms with Crippen molar-refractivity contribution in [1.29, 1.82) is 0 Å². The zero-order chi connectivity index (χ0) is 15.3. The molecule has 2 heterocycles. The minimum Gasteiger partial charge on any atom is -0.463 e. The maximum atomic E-state index is 5.89. The number of nitrogens with zero attached hydrogens (tertiary/aromatic N) is 1. The van der Waals surface area contributed by atoms with Crippen molar-refractivity contribution in [2.24, 2.45) is 0 Å². The quantitative estimate of drug-likeness (QED) is 0.874. The lowest BCUT2D eigenvalue weighted by Crippen LogP contribution is -2.34. The number of furan rings is 1. The van der Waals surface area contributed by atoms with Gasteiger partial charge in [0.25, 0.3) is 0 Å². The highest BCUT2D eigenvalue weighted by Gasteiger charge is 2.17. The van der Waals surface area contributed by atoms with Crippen molar-refractivity contribution in [1.82, 2.24) is 10.2 Å². The number of ether oxygens (including phenoxy) is 1. The summed E-state index contributed by atoms with van der Waals surface area (Å²) in [5.41, 5.74) is 0.113. The van der Waals surface area contributed by atoms with Crippen molar-refractivity contribution in [2.45, 2.75) is 64.8 Å². The third-order valence-electron chi connectivity index (χ3n) is 3.73. The predicted molar refractivity (Wildman–Crippen MR) is 85.2 cm³/mol. The zero-order valence-corrected chi connectivity index (χ0v) is 13.9. The first-order chi connectivity index (χ1) is 9.92. The Morgan fingerprint density at radius 3 is 2.67 bits per heavy atom. The van der Waals surface area contributed by atoms with E-state index in [1.807, 2.05) is 0 Å². The Labute approximate surface area is 128 Å². The fourth-order valence-corrected chi connectivity index (χ4v) is 2.58. The van der Waals surface area contributed by atoms with Gasteiger partial charge in [0, 0.05) is 18.7 Å². The van der Waals surface area contributed by atoms with Crippen LogP contribution in [0.4, 0.5) is 0 Å². The van der Waals surface area contributed by atoms with Crippen molar-refractivity contribution < 1.29 is 9.15 Å². The first kappa shape index (κ1) is 16.5. The molecule has 1 N–H and O–H groups in total. The van der Waals surface area contributed by atoms with E-state index in [2.05, 4.69) is 50.2 Å². The van der Waals surface area contributed by atoms with Crippen LogP contribution in [0.3, 0.4) is 0 Å². The molecule has 1 atom stereocenters. The molecule has 1 aromatic rings. The minimum absolute atomic E-state index is 0.113. The molecular weight excluding hydrogens is 264 g/mol. The highest BCUT2D eigenvalue weighted by molar-refractivity contribution is 5.07. The molecule has 0 spiro atoms. The Bertz CT molecular complexity index is 417. The van der Waals surface area contributed by atoms with Gasteiger partial charge in [-0.1, -0.05) is 0 Å². The van der Waals surface area contributed by atoms with Gasteiger partial charge in [-0.15, -0.1) is 0 Å². The molecule has 0 amide bonds. The molecule has 0 radical (unpaired) electrons. The van der Waals surface area contributed by atoms with Gasteiger partial charge >= 0.3 is 0 Å². The first-order valence-corrected chi connectivity index (χ1v) is 8.05. The first-order valence-electron chi connectivity index (χ1n) is 8.05. The molecule has 1 aromatic heterocycles. The monoisotopic (exact) mass is 294 g/mol. The van der Waals surface area contributed by atoms with Crippen LogP contribution < -0.4 is 5.32 Å². The SMILES string of the molecule is CN(Cc1ccc(CNC(C)(C)C)o1)CC1CCCCO1. The van der Waals surface area contributed by atoms with Crippen molar-refractivity contribution in [2.75, 3.05) is 20.2 Å². The van der Waals surface area contributed by atoms with E-state index in [1.165, 1.54) is 19.3 Å². The highest BCUT2D eigenvalue weighted by atomic mass is 16.5. The third kappa shape index (κ3) is 6.20. The van der Waals surface area contributed by atoms with E-state index in [4.69, 9.17) is 9.15 Å². The Hall–Kier alpha value is -0.840.